The van der Waals surface area contributed by atoms with Crippen LogP contribution in [-0.4, -0.2) is 5.60 Å². The van der Waals surface area contributed by atoms with Crippen molar-refractivity contribution in [3.8, 4) is 5.75 Å². The summed E-state index contributed by atoms with van der Waals surface area (Å²) < 4.78 is 12.5. The summed E-state index contributed by atoms with van der Waals surface area (Å²) >= 11 is 0. The van der Waals surface area contributed by atoms with Gasteiger partial charge in [-0.1, -0.05) is 49.1 Å². The Balaban J connectivity index is 2.18. The first-order valence-electron chi connectivity index (χ1n) is 7.17. The van der Waals surface area contributed by atoms with Crippen LogP contribution in [0, 0.1) is 0 Å². The largest absolute Gasteiger partial charge is 0.457 e. The third kappa shape index (κ3) is 2.07. The summed E-state index contributed by atoms with van der Waals surface area (Å²) in [6.45, 7) is 9.94. The number of fused-ring (bicyclic) bond motifs is 2. The lowest BCUT2D eigenvalue weighted by atomic mass is 9.87. The minimum absolute atomic E-state index is 0.313. The molecule has 108 valence electrons. The molecule has 2 heteroatoms. The predicted octanol–water partition coefficient (Wildman–Crippen LogP) is 4.66. The second-order valence-corrected chi connectivity index (χ2v) is 5.96. The Morgan fingerprint density at radius 1 is 1.14 bits per heavy atom. The summed E-state index contributed by atoms with van der Waals surface area (Å²) in [5, 5.41) is 0. The topological polar surface area (TPSA) is 18.5 Å². The number of ether oxygens (including phenoxy) is 2. The van der Waals surface area contributed by atoms with Crippen molar-refractivity contribution in [3.63, 3.8) is 0 Å². The van der Waals surface area contributed by atoms with Crippen molar-refractivity contribution in [3.05, 3.63) is 78.1 Å². The predicted molar refractivity (Wildman–Crippen MR) is 85.1 cm³/mol. The Kier molecular flexibility index (Phi) is 3.14. The maximum absolute atomic E-state index is 6.43. The highest BCUT2D eigenvalue weighted by Crippen LogP contribution is 2.55. The van der Waals surface area contributed by atoms with Crippen LogP contribution in [0.5, 0.6) is 5.75 Å². The van der Waals surface area contributed by atoms with Crippen LogP contribution >= 0.6 is 0 Å². The average Bonchev–Trinajstić information content (AvgIpc) is 2.86. The third-order valence-corrected chi connectivity index (χ3v) is 3.86. The molecular formula is C19H20O2. The second kappa shape index (κ2) is 4.74. The number of hydrogen-bond acceptors (Lipinski definition) is 2. The van der Waals surface area contributed by atoms with Crippen LogP contribution in [-0.2, 0) is 10.3 Å². The number of benzene rings is 1. The smallest absolute Gasteiger partial charge is 0.176 e. The molecule has 0 amide bonds. The molecule has 0 aliphatic carbocycles. The van der Waals surface area contributed by atoms with Gasteiger partial charge in [-0.2, -0.15) is 0 Å². The molecular weight excluding hydrogens is 260 g/mol. The van der Waals surface area contributed by atoms with Crippen molar-refractivity contribution in [2.75, 3.05) is 0 Å². The third-order valence-electron chi connectivity index (χ3n) is 3.86. The van der Waals surface area contributed by atoms with Crippen LogP contribution in [0.25, 0.3) is 0 Å². The van der Waals surface area contributed by atoms with Crippen LogP contribution < -0.4 is 4.74 Å². The molecule has 1 atom stereocenters. The van der Waals surface area contributed by atoms with Crippen molar-refractivity contribution < 1.29 is 9.47 Å². The quantitative estimate of drug-likeness (QED) is 0.579. The maximum Gasteiger partial charge on any atom is 0.176 e. The van der Waals surface area contributed by atoms with Gasteiger partial charge in [0.1, 0.15) is 11.5 Å². The fourth-order valence-electron chi connectivity index (χ4n) is 3.18. The second-order valence-electron chi connectivity index (χ2n) is 5.96. The van der Waals surface area contributed by atoms with E-state index in [1.54, 1.807) is 6.08 Å². The van der Waals surface area contributed by atoms with Gasteiger partial charge >= 0.3 is 0 Å². The summed E-state index contributed by atoms with van der Waals surface area (Å²) in [4.78, 5) is 0. The maximum atomic E-state index is 6.43. The molecule has 0 bridgehead atoms. The van der Waals surface area contributed by atoms with E-state index < -0.39 is 5.60 Å². The zero-order chi connectivity index (χ0) is 15.1. The minimum Gasteiger partial charge on any atom is -0.457 e. The number of allylic oxidation sites excluding steroid dienone is 4. The normalized spacial score (nSPS) is 28.0. The molecule has 0 fully saturated rings. The van der Waals surface area contributed by atoms with Crippen molar-refractivity contribution in [1.82, 2.24) is 0 Å². The molecule has 0 N–H and O–H groups in total. The van der Waals surface area contributed by atoms with Gasteiger partial charge in [0.2, 0.25) is 0 Å². The Morgan fingerprint density at radius 3 is 2.57 bits per heavy atom. The van der Waals surface area contributed by atoms with Gasteiger partial charge in [-0.25, -0.2) is 0 Å². The van der Waals surface area contributed by atoms with Crippen molar-refractivity contribution in [2.45, 2.75) is 32.0 Å². The molecule has 1 unspecified atom stereocenters. The molecule has 21 heavy (non-hydrogen) atoms. The molecule has 0 aromatic heterocycles. The van der Waals surface area contributed by atoms with Gasteiger partial charge in [0, 0.05) is 5.56 Å². The lowest BCUT2D eigenvalue weighted by Gasteiger charge is -2.30. The molecule has 0 saturated heterocycles. The molecule has 3 rings (SSSR count). The van der Waals surface area contributed by atoms with E-state index in [9.17, 15) is 0 Å². The molecule has 0 saturated carbocycles. The SMILES string of the molecule is C=C/C=C\C=C1/Oc2ccccc2C12OC(C)(C)C=C2C. The van der Waals surface area contributed by atoms with Gasteiger partial charge in [0.25, 0.3) is 0 Å². The average molecular weight is 280 g/mol. The van der Waals surface area contributed by atoms with Crippen LogP contribution in [0.1, 0.15) is 26.3 Å². The first kappa shape index (κ1) is 13.9. The van der Waals surface area contributed by atoms with Crippen LogP contribution in [0.4, 0.5) is 0 Å². The number of rotatable bonds is 2. The van der Waals surface area contributed by atoms with Crippen molar-refractivity contribution >= 4 is 0 Å². The van der Waals surface area contributed by atoms with Crippen LogP contribution in [0.15, 0.2) is 72.6 Å². The molecule has 1 aromatic rings. The monoisotopic (exact) mass is 280 g/mol. The highest BCUT2D eigenvalue weighted by molar-refractivity contribution is 5.57. The van der Waals surface area contributed by atoms with E-state index >= 15 is 0 Å². The van der Waals surface area contributed by atoms with E-state index in [4.69, 9.17) is 9.47 Å². The summed E-state index contributed by atoms with van der Waals surface area (Å²) in [5.74, 6) is 1.67. The number of hydrogen-bond donors (Lipinski definition) is 0. The van der Waals surface area contributed by atoms with Gasteiger partial charge < -0.3 is 9.47 Å². The minimum atomic E-state index is -0.606. The lowest BCUT2D eigenvalue weighted by molar-refractivity contribution is -0.0627. The lowest BCUT2D eigenvalue weighted by Crippen LogP contribution is -2.32. The van der Waals surface area contributed by atoms with E-state index in [0.29, 0.717) is 0 Å². The van der Waals surface area contributed by atoms with Gasteiger partial charge in [-0.15, -0.1) is 0 Å². The number of para-hydroxylation sites is 1. The summed E-state index contributed by atoms with van der Waals surface area (Å²) in [5.41, 5.74) is 1.32. The molecule has 2 nitrogen and oxygen atoms in total. The summed E-state index contributed by atoms with van der Waals surface area (Å²) in [6, 6.07) is 8.06. The highest BCUT2D eigenvalue weighted by atomic mass is 16.6. The summed E-state index contributed by atoms with van der Waals surface area (Å²) in [7, 11) is 0. The molecule has 1 spiro atoms. The fraction of sp³-hybridized carbons (Fsp3) is 0.263. The molecule has 2 aliphatic heterocycles. The molecule has 1 aromatic carbocycles. The highest BCUT2D eigenvalue weighted by Gasteiger charge is 2.54. The molecule has 2 aliphatic rings. The van der Waals surface area contributed by atoms with E-state index in [0.717, 1.165) is 22.6 Å². The Hall–Kier alpha value is -2.06. The van der Waals surface area contributed by atoms with Crippen LogP contribution in [0.3, 0.4) is 0 Å². The standard InChI is InChI=1S/C19H20O2/c1-5-6-7-12-17-19(14(2)13-18(3,4)21-19)15-10-8-9-11-16(15)20-17/h5-13H,1H2,2-4H3/b7-6-,17-12-. The van der Waals surface area contributed by atoms with Gasteiger partial charge in [-0.05, 0) is 38.5 Å². The Labute approximate surface area is 126 Å². The van der Waals surface area contributed by atoms with Crippen molar-refractivity contribution in [1.29, 1.82) is 0 Å². The Morgan fingerprint density at radius 2 is 1.90 bits per heavy atom. The van der Waals surface area contributed by atoms with E-state index in [2.05, 4.69) is 39.5 Å². The zero-order valence-electron chi connectivity index (χ0n) is 12.7. The fourth-order valence-corrected chi connectivity index (χ4v) is 3.18. The van der Waals surface area contributed by atoms with Gasteiger partial charge in [0.05, 0.1) is 5.60 Å². The van der Waals surface area contributed by atoms with Crippen LogP contribution in [0.2, 0.25) is 0 Å². The molecule has 0 radical (unpaired) electrons. The Bertz CT molecular complexity index is 677. The van der Waals surface area contributed by atoms with Gasteiger partial charge in [0.15, 0.2) is 5.60 Å². The van der Waals surface area contributed by atoms with E-state index in [1.807, 2.05) is 36.4 Å². The van der Waals surface area contributed by atoms with Gasteiger partial charge in [-0.3, -0.25) is 0 Å². The van der Waals surface area contributed by atoms with Crippen molar-refractivity contribution in [2.24, 2.45) is 0 Å². The first-order chi connectivity index (χ1) is 9.99. The van der Waals surface area contributed by atoms with E-state index in [1.165, 1.54) is 0 Å². The first-order valence-corrected chi connectivity index (χ1v) is 7.17. The zero-order valence-corrected chi connectivity index (χ0v) is 12.7. The summed E-state index contributed by atoms with van der Waals surface area (Å²) in [6.07, 6.45) is 9.68. The van der Waals surface area contributed by atoms with E-state index in [-0.39, 0.29) is 5.60 Å². The molecule has 2 heterocycles.